The number of hydrogen-bond acceptors (Lipinski definition) is 4. The molecule has 3 rings (SSSR count). The number of ether oxygens (including phenoxy) is 2. The van der Waals surface area contributed by atoms with Crippen LogP contribution in [-0.4, -0.2) is 25.0 Å². The minimum absolute atomic E-state index is 0.0219. The van der Waals surface area contributed by atoms with Crippen LogP contribution in [0, 0.1) is 5.92 Å². The molecule has 1 fully saturated rings. The van der Waals surface area contributed by atoms with Gasteiger partial charge in [-0.15, -0.1) is 0 Å². The van der Waals surface area contributed by atoms with Crippen molar-refractivity contribution >= 4 is 23.2 Å². The first-order chi connectivity index (χ1) is 14.6. The fourth-order valence-corrected chi connectivity index (χ4v) is 3.77. The number of rotatable bonds is 9. The van der Waals surface area contributed by atoms with E-state index in [1.807, 2.05) is 32.0 Å². The number of nitrogens with one attached hydrogen (secondary N) is 2. The predicted molar refractivity (Wildman–Crippen MR) is 118 cm³/mol. The van der Waals surface area contributed by atoms with Crippen LogP contribution >= 0.6 is 0 Å². The Labute approximate surface area is 178 Å². The van der Waals surface area contributed by atoms with Crippen molar-refractivity contribution in [2.45, 2.75) is 46.0 Å². The van der Waals surface area contributed by atoms with Gasteiger partial charge < -0.3 is 20.1 Å². The zero-order chi connectivity index (χ0) is 21.3. The molecule has 30 heavy (non-hydrogen) atoms. The highest BCUT2D eigenvalue weighted by Gasteiger charge is 2.21. The van der Waals surface area contributed by atoms with Gasteiger partial charge in [0, 0.05) is 24.1 Å². The SMILES string of the molecule is CCOc1cc(NC(=O)c2ccccc2)c(OCC)cc1NC(=O)CC1CCCC1. The van der Waals surface area contributed by atoms with Crippen LogP contribution in [0.3, 0.4) is 0 Å². The Morgan fingerprint density at radius 2 is 1.47 bits per heavy atom. The lowest BCUT2D eigenvalue weighted by Gasteiger charge is -2.18. The van der Waals surface area contributed by atoms with Gasteiger partial charge >= 0.3 is 0 Å². The maximum Gasteiger partial charge on any atom is 0.255 e. The molecular formula is C24H30N2O4. The molecule has 6 heteroatoms. The molecular weight excluding hydrogens is 380 g/mol. The second kappa shape index (κ2) is 10.7. The average molecular weight is 411 g/mol. The molecule has 0 bridgehead atoms. The molecule has 160 valence electrons. The third-order valence-electron chi connectivity index (χ3n) is 5.19. The maximum atomic E-state index is 12.6. The van der Waals surface area contributed by atoms with E-state index < -0.39 is 0 Å². The highest BCUT2D eigenvalue weighted by atomic mass is 16.5. The molecule has 1 aliphatic carbocycles. The van der Waals surface area contributed by atoms with E-state index in [0.717, 1.165) is 12.8 Å². The summed E-state index contributed by atoms with van der Waals surface area (Å²) in [5.41, 5.74) is 1.61. The molecule has 2 aromatic rings. The second-order valence-electron chi connectivity index (χ2n) is 7.43. The summed E-state index contributed by atoms with van der Waals surface area (Å²) in [5, 5.41) is 5.87. The zero-order valence-corrected chi connectivity index (χ0v) is 17.7. The van der Waals surface area contributed by atoms with Crippen LogP contribution < -0.4 is 20.1 Å². The van der Waals surface area contributed by atoms with E-state index in [9.17, 15) is 9.59 Å². The van der Waals surface area contributed by atoms with Gasteiger partial charge in [0.15, 0.2) is 0 Å². The van der Waals surface area contributed by atoms with Crippen molar-refractivity contribution in [2.75, 3.05) is 23.8 Å². The maximum absolute atomic E-state index is 12.6. The van der Waals surface area contributed by atoms with Crippen molar-refractivity contribution in [1.82, 2.24) is 0 Å². The number of benzene rings is 2. The Balaban J connectivity index is 1.83. The molecule has 0 atom stereocenters. The zero-order valence-electron chi connectivity index (χ0n) is 17.7. The molecule has 1 saturated carbocycles. The van der Waals surface area contributed by atoms with Gasteiger partial charge in [-0.3, -0.25) is 9.59 Å². The summed E-state index contributed by atoms with van der Waals surface area (Å²) in [5.74, 6) is 1.19. The highest BCUT2D eigenvalue weighted by Crippen LogP contribution is 2.37. The van der Waals surface area contributed by atoms with Gasteiger partial charge in [0.1, 0.15) is 11.5 Å². The van der Waals surface area contributed by atoms with Crippen molar-refractivity contribution in [2.24, 2.45) is 5.92 Å². The fraction of sp³-hybridized carbons (Fsp3) is 0.417. The molecule has 0 radical (unpaired) electrons. The molecule has 0 unspecified atom stereocenters. The van der Waals surface area contributed by atoms with E-state index in [1.54, 1.807) is 24.3 Å². The van der Waals surface area contributed by atoms with Gasteiger partial charge in [-0.05, 0) is 44.7 Å². The topological polar surface area (TPSA) is 76.7 Å². The van der Waals surface area contributed by atoms with Crippen LogP contribution in [0.2, 0.25) is 0 Å². The summed E-state index contributed by atoms with van der Waals surface area (Å²) >= 11 is 0. The van der Waals surface area contributed by atoms with Gasteiger partial charge in [-0.25, -0.2) is 0 Å². The van der Waals surface area contributed by atoms with E-state index in [4.69, 9.17) is 9.47 Å². The van der Waals surface area contributed by atoms with Gasteiger partial charge in [-0.1, -0.05) is 31.0 Å². The molecule has 2 aromatic carbocycles. The van der Waals surface area contributed by atoms with Crippen molar-refractivity contribution in [1.29, 1.82) is 0 Å². The van der Waals surface area contributed by atoms with Crippen LogP contribution in [0.5, 0.6) is 11.5 Å². The smallest absolute Gasteiger partial charge is 0.255 e. The second-order valence-corrected chi connectivity index (χ2v) is 7.43. The third kappa shape index (κ3) is 5.75. The van der Waals surface area contributed by atoms with Gasteiger partial charge in [0.05, 0.1) is 24.6 Å². The number of hydrogen-bond donors (Lipinski definition) is 2. The van der Waals surface area contributed by atoms with Crippen LogP contribution in [0.25, 0.3) is 0 Å². The summed E-state index contributed by atoms with van der Waals surface area (Å²) in [6.45, 7) is 4.61. The molecule has 0 heterocycles. The molecule has 0 aromatic heterocycles. The van der Waals surface area contributed by atoms with E-state index >= 15 is 0 Å². The Kier molecular flexibility index (Phi) is 7.71. The molecule has 0 saturated heterocycles. The lowest BCUT2D eigenvalue weighted by molar-refractivity contribution is -0.117. The summed E-state index contributed by atoms with van der Waals surface area (Å²) in [4.78, 5) is 25.2. The summed E-state index contributed by atoms with van der Waals surface area (Å²) in [6, 6.07) is 12.4. The van der Waals surface area contributed by atoms with E-state index in [2.05, 4.69) is 10.6 Å². The molecule has 0 aliphatic heterocycles. The highest BCUT2D eigenvalue weighted by molar-refractivity contribution is 6.05. The number of anilines is 2. The van der Waals surface area contributed by atoms with Crippen LogP contribution in [0.1, 0.15) is 56.3 Å². The normalized spacial score (nSPS) is 13.7. The first-order valence-corrected chi connectivity index (χ1v) is 10.7. The van der Waals surface area contributed by atoms with Crippen molar-refractivity contribution in [3.05, 3.63) is 48.0 Å². The lowest BCUT2D eigenvalue weighted by atomic mass is 10.0. The molecule has 0 spiro atoms. The van der Waals surface area contributed by atoms with E-state index in [0.29, 0.717) is 54.0 Å². The molecule has 2 N–H and O–H groups in total. The van der Waals surface area contributed by atoms with Gasteiger partial charge in [0.2, 0.25) is 5.91 Å². The minimum Gasteiger partial charge on any atom is -0.492 e. The Morgan fingerprint density at radius 3 is 2.03 bits per heavy atom. The largest absolute Gasteiger partial charge is 0.492 e. The van der Waals surface area contributed by atoms with Crippen LogP contribution in [0.4, 0.5) is 11.4 Å². The average Bonchev–Trinajstić information content (AvgIpc) is 3.24. The van der Waals surface area contributed by atoms with E-state index in [-0.39, 0.29) is 11.8 Å². The standard InChI is InChI=1S/C24H30N2O4/c1-3-29-21-16-20(26-24(28)18-12-6-5-7-13-18)22(30-4-2)15-19(21)25-23(27)14-17-10-8-9-11-17/h5-7,12-13,15-17H,3-4,8-11,14H2,1-2H3,(H,25,27)(H,26,28). The molecule has 6 nitrogen and oxygen atoms in total. The van der Waals surface area contributed by atoms with Crippen molar-refractivity contribution in [3.63, 3.8) is 0 Å². The number of amides is 2. The van der Waals surface area contributed by atoms with Crippen molar-refractivity contribution in [3.8, 4) is 11.5 Å². The van der Waals surface area contributed by atoms with Gasteiger partial charge in [-0.2, -0.15) is 0 Å². The summed E-state index contributed by atoms with van der Waals surface area (Å²) in [6.07, 6.45) is 5.14. The first-order valence-electron chi connectivity index (χ1n) is 10.7. The lowest BCUT2D eigenvalue weighted by Crippen LogP contribution is -2.17. The summed E-state index contributed by atoms with van der Waals surface area (Å²) < 4.78 is 11.5. The Bertz CT molecular complexity index is 861. The minimum atomic E-state index is -0.239. The quantitative estimate of drug-likeness (QED) is 0.591. The molecule has 2 amide bonds. The Hall–Kier alpha value is -3.02. The third-order valence-corrected chi connectivity index (χ3v) is 5.19. The monoisotopic (exact) mass is 410 g/mol. The summed E-state index contributed by atoms with van der Waals surface area (Å²) in [7, 11) is 0. The van der Waals surface area contributed by atoms with E-state index in [1.165, 1.54) is 12.8 Å². The number of carbonyl (C=O) groups is 2. The van der Waals surface area contributed by atoms with Crippen LogP contribution in [0.15, 0.2) is 42.5 Å². The van der Waals surface area contributed by atoms with Crippen molar-refractivity contribution < 1.29 is 19.1 Å². The predicted octanol–water partition coefficient (Wildman–Crippen LogP) is 5.26. The fourth-order valence-electron chi connectivity index (χ4n) is 3.77. The van der Waals surface area contributed by atoms with Crippen LogP contribution in [-0.2, 0) is 4.79 Å². The number of carbonyl (C=O) groups excluding carboxylic acids is 2. The first kappa shape index (κ1) is 21.7. The molecule has 1 aliphatic rings. The Morgan fingerprint density at radius 1 is 0.900 bits per heavy atom. The van der Waals surface area contributed by atoms with Gasteiger partial charge in [0.25, 0.3) is 5.91 Å².